The summed E-state index contributed by atoms with van der Waals surface area (Å²) < 4.78 is 0. The van der Waals surface area contributed by atoms with Crippen LogP contribution < -0.4 is 0 Å². The number of carbonyl (C=O) groups is 1. The highest BCUT2D eigenvalue weighted by Gasteiger charge is 2.43. The SMILES string of the molecule is O=C(C1CCCC1)N1C[C@@H]2CCCCN(C3CCCC3)[C@@H]2C1. The van der Waals surface area contributed by atoms with E-state index in [0.29, 0.717) is 17.9 Å². The average Bonchev–Trinajstić information content (AvgIpc) is 3.27. The van der Waals surface area contributed by atoms with E-state index in [1.807, 2.05) is 0 Å². The van der Waals surface area contributed by atoms with Crippen molar-refractivity contribution in [1.82, 2.24) is 9.80 Å². The van der Waals surface area contributed by atoms with Crippen LogP contribution in [0.2, 0.25) is 0 Å². The van der Waals surface area contributed by atoms with Crippen molar-refractivity contribution in [3.05, 3.63) is 0 Å². The van der Waals surface area contributed by atoms with Crippen LogP contribution in [-0.2, 0) is 4.79 Å². The number of amides is 1. The average molecular weight is 304 g/mol. The zero-order chi connectivity index (χ0) is 14.9. The Hall–Kier alpha value is -0.570. The molecule has 0 bridgehead atoms. The molecular formula is C19H32N2O. The van der Waals surface area contributed by atoms with Gasteiger partial charge in [0.05, 0.1) is 0 Å². The maximum Gasteiger partial charge on any atom is 0.225 e. The predicted molar refractivity (Wildman–Crippen MR) is 88.6 cm³/mol. The molecule has 2 atom stereocenters. The normalized spacial score (nSPS) is 35.0. The van der Waals surface area contributed by atoms with Crippen molar-refractivity contribution in [2.24, 2.45) is 11.8 Å². The lowest BCUT2D eigenvalue weighted by Gasteiger charge is -2.35. The second-order valence-corrected chi connectivity index (χ2v) is 8.22. The number of carbonyl (C=O) groups excluding carboxylic acids is 1. The van der Waals surface area contributed by atoms with E-state index in [9.17, 15) is 4.79 Å². The summed E-state index contributed by atoms with van der Waals surface area (Å²) in [6.07, 6.45) is 14.6. The molecule has 4 rings (SSSR count). The van der Waals surface area contributed by atoms with Gasteiger partial charge in [0.25, 0.3) is 0 Å². The van der Waals surface area contributed by atoms with E-state index in [2.05, 4.69) is 9.80 Å². The summed E-state index contributed by atoms with van der Waals surface area (Å²) in [5.41, 5.74) is 0. The molecule has 4 aliphatic rings. The Morgan fingerprint density at radius 1 is 0.773 bits per heavy atom. The van der Waals surface area contributed by atoms with Gasteiger partial charge in [-0.3, -0.25) is 9.69 Å². The fourth-order valence-corrected chi connectivity index (χ4v) is 5.68. The van der Waals surface area contributed by atoms with Crippen LogP contribution in [0.25, 0.3) is 0 Å². The smallest absolute Gasteiger partial charge is 0.225 e. The van der Waals surface area contributed by atoms with Crippen LogP contribution in [0.1, 0.15) is 70.6 Å². The number of hydrogen-bond acceptors (Lipinski definition) is 2. The van der Waals surface area contributed by atoms with E-state index in [4.69, 9.17) is 0 Å². The minimum atomic E-state index is 0.363. The highest BCUT2D eigenvalue weighted by atomic mass is 16.2. The molecule has 124 valence electrons. The minimum absolute atomic E-state index is 0.363. The van der Waals surface area contributed by atoms with Gasteiger partial charge in [-0.1, -0.05) is 32.1 Å². The second-order valence-electron chi connectivity index (χ2n) is 8.22. The molecule has 3 heteroatoms. The maximum atomic E-state index is 12.8. The molecule has 2 aliphatic carbocycles. The molecule has 0 N–H and O–H groups in total. The van der Waals surface area contributed by atoms with Gasteiger partial charge in [0.15, 0.2) is 0 Å². The molecule has 2 saturated carbocycles. The van der Waals surface area contributed by atoms with Crippen LogP contribution in [0.5, 0.6) is 0 Å². The lowest BCUT2D eigenvalue weighted by Crippen LogP contribution is -2.46. The molecule has 2 saturated heterocycles. The van der Waals surface area contributed by atoms with Gasteiger partial charge in [0, 0.05) is 31.1 Å². The van der Waals surface area contributed by atoms with Crippen LogP contribution in [0.3, 0.4) is 0 Å². The van der Waals surface area contributed by atoms with Crippen LogP contribution in [0.4, 0.5) is 0 Å². The summed E-state index contributed by atoms with van der Waals surface area (Å²) in [7, 11) is 0. The summed E-state index contributed by atoms with van der Waals surface area (Å²) >= 11 is 0. The van der Waals surface area contributed by atoms with Gasteiger partial charge in [-0.05, 0) is 51.0 Å². The third-order valence-electron chi connectivity index (χ3n) is 6.88. The minimum Gasteiger partial charge on any atom is -0.341 e. The largest absolute Gasteiger partial charge is 0.341 e. The summed E-state index contributed by atoms with van der Waals surface area (Å²) in [6, 6.07) is 1.50. The Bertz CT molecular complexity index is 398. The molecule has 22 heavy (non-hydrogen) atoms. The molecule has 0 unspecified atom stereocenters. The summed E-state index contributed by atoms with van der Waals surface area (Å²) in [5.74, 6) is 1.62. The molecular weight excluding hydrogens is 272 g/mol. The maximum absolute atomic E-state index is 12.8. The topological polar surface area (TPSA) is 23.6 Å². The first-order valence-electron chi connectivity index (χ1n) is 9.87. The first-order valence-corrected chi connectivity index (χ1v) is 9.87. The first kappa shape index (κ1) is 15.0. The first-order chi connectivity index (χ1) is 10.8. The Morgan fingerprint density at radius 3 is 2.23 bits per heavy atom. The standard InChI is InChI=1S/C19H32N2O/c22-19(15-7-1-2-8-15)20-13-16-9-5-6-12-21(18(16)14-20)17-10-3-4-11-17/h15-18H,1-14H2/t16-,18+/m0/s1. The zero-order valence-electron chi connectivity index (χ0n) is 14.0. The Morgan fingerprint density at radius 2 is 1.45 bits per heavy atom. The van der Waals surface area contributed by atoms with Gasteiger partial charge in [0.1, 0.15) is 0 Å². The van der Waals surface area contributed by atoms with E-state index >= 15 is 0 Å². The highest BCUT2D eigenvalue weighted by Crippen LogP contribution is 2.36. The molecule has 0 aromatic carbocycles. The lowest BCUT2D eigenvalue weighted by atomic mass is 9.97. The number of nitrogens with zero attached hydrogens (tertiary/aromatic N) is 2. The van der Waals surface area contributed by atoms with Crippen LogP contribution in [-0.4, -0.2) is 47.4 Å². The Kier molecular flexibility index (Phi) is 4.43. The lowest BCUT2D eigenvalue weighted by molar-refractivity contribution is -0.134. The van der Waals surface area contributed by atoms with Crippen LogP contribution in [0.15, 0.2) is 0 Å². The van der Waals surface area contributed by atoms with Gasteiger partial charge in [-0.25, -0.2) is 0 Å². The van der Waals surface area contributed by atoms with Crippen molar-refractivity contribution >= 4 is 5.91 Å². The van der Waals surface area contributed by atoms with Gasteiger partial charge < -0.3 is 4.90 Å². The molecule has 0 radical (unpaired) electrons. The molecule has 0 spiro atoms. The van der Waals surface area contributed by atoms with Crippen molar-refractivity contribution < 1.29 is 4.79 Å². The molecule has 3 nitrogen and oxygen atoms in total. The van der Waals surface area contributed by atoms with Crippen molar-refractivity contribution in [3.63, 3.8) is 0 Å². The van der Waals surface area contributed by atoms with Crippen molar-refractivity contribution in [1.29, 1.82) is 0 Å². The Balaban J connectivity index is 1.45. The number of fused-ring (bicyclic) bond motifs is 1. The molecule has 2 aliphatic heterocycles. The van der Waals surface area contributed by atoms with Gasteiger partial charge >= 0.3 is 0 Å². The summed E-state index contributed by atoms with van der Waals surface area (Å²) in [6.45, 7) is 3.39. The van der Waals surface area contributed by atoms with Gasteiger partial charge in [0.2, 0.25) is 5.91 Å². The molecule has 0 aromatic heterocycles. The second kappa shape index (κ2) is 6.51. The van der Waals surface area contributed by atoms with E-state index in [1.54, 1.807) is 0 Å². The van der Waals surface area contributed by atoms with Gasteiger partial charge in [-0.2, -0.15) is 0 Å². The fourth-order valence-electron chi connectivity index (χ4n) is 5.68. The van der Waals surface area contributed by atoms with Crippen molar-refractivity contribution in [2.75, 3.05) is 19.6 Å². The molecule has 4 fully saturated rings. The van der Waals surface area contributed by atoms with Crippen molar-refractivity contribution in [2.45, 2.75) is 82.7 Å². The van der Waals surface area contributed by atoms with Crippen LogP contribution >= 0.6 is 0 Å². The van der Waals surface area contributed by atoms with Crippen LogP contribution in [0, 0.1) is 11.8 Å². The van der Waals surface area contributed by atoms with E-state index in [1.165, 1.54) is 64.3 Å². The third kappa shape index (κ3) is 2.81. The molecule has 0 aromatic rings. The molecule has 1 amide bonds. The number of likely N-dealkylation sites (tertiary alicyclic amines) is 2. The summed E-state index contributed by atoms with van der Waals surface area (Å²) in [4.78, 5) is 17.9. The third-order valence-corrected chi connectivity index (χ3v) is 6.88. The van der Waals surface area contributed by atoms with E-state index in [-0.39, 0.29) is 0 Å². The predicted octanol–water partition coefficient (Wildman–Crippen LogP) is 3.43. The molecule has 2 heterocycles. The van der Waals surface area contributed by atoms with E-state index in [0.717, 1.165) is 37.9 Å². The number of hydrogen-bond donors (Lipinski definition) is 0. The van der Waals surface area contributed by atoms with Gasteiger partial charge in [-0.15, -0.1) is 0 Å². The highest BCUT2D eigenvalue weighted by molar-refractivity contribution is 5.79. The van der Waals surface area contributed by atoms with Crippen molar-refractivity contribution in [3.8, 4) is 0 Å². The fraction of sp³-hybridized carbons (Fsp3) is 0.947. The monoisotopic (exact) mass is 304 g/mol. The van der Waals surface area contributed by atoms with E-state index < -0.39 is 0 Å². The quantitative estimate of drug-likeness (QED) is 0.780. The summed E-state index contributed by atoms with van der Waals surface area (Å²) in [5, 5.41) is 0. The zero-order valence-corrected chi connectivity index (χ0v) is 14.0. The Labute approximate surface area is 135 Å². The number of rotatable bonds is 2.